The second-order valence-corrected chi connectivity index (χ2v) is 4.16. The van der Waals surface area contributed by atoms with Gasteiger partial charge in [-0.15, -0.1) is 0 Å². The molecule has 0 saturated carbocycles. The molecule has 0 bridgehead atoms. The fourth-order valence-corrected chi connectivity index (χ4v) is 1.84. The minimum atomic E-state index is -0.963. The monoisotopic (exact) mass is 251 g/mol. The number of hydrogen-bond donors (Lipinski definition) is 1. The Morgan fingerprint density at radius 2 is 2.12 bits per heavy atom. The molecule has 0 spiro atoms. The summed E-state index contributed by atoms with van der Waals surface area (Å²) in [6.07, 6.45) is 0.781. The van der Waals surface area contributed by atoms with Gasteiger partial charge in [-0.2, -0.15) is 0 Å². The Bertz CT molecular complexity index is 518. The second-order valence-electron chi connectivity index (χ2n) is 3.72. The topological polar surface area (TPSA) is 33.1 Å². The lowest BCUT2D eigenvalue weighted by atomic mass is 10.1. The third-order valence-electron chi connectivity index (χ3n) is 2.42. The number of rotatable bonds is 3. The van der Waals surface area contributed by atoms with Crippen molar-refractivity contribution in [3.63, 3.8) is 0 Å². The van der Waals surface area contributed by atoms with E-state index in [0.29, 0.717) is 5.02 Å². The Balaban J connectivity index is 2.17. The Kier molecular flexibility index (Phi) is 3.71. The molecule has 1 aromatic carbocycles. The average Bonchev–Trinajstić information content (AvgIpc) is 2.29. The quantitative estimate of drug-likeness (QED) is 0.909. The van der Waals surface area contributed by atoms with Gasteiger partial charge in [0.2, 0.25) is 0 Å². The summed E-state index contributed by atoms with van der Waals surface area (Å²) in [6, 6.07) is 9.88. The van der Waals surface area contributed by atoms with Crippen molar-refractivity contribution < 1.29 is 9.50 Å². The molecule has 0 fully saturated rings. The second kappa shape index (κ2) is 5.25. The molecule has 0 aliphatic heterocycles. The van der Waals surface area contributed by atoms with Crippen molar-refractivity contribution in [1.82, 2.24) is 4.98 Å². The maximum absolute atomic E-state index is 13.4. The minimum Gasteiger partial charge on any atom is -0.386 e. The van der Waals surface area contributed by atoms with E-state index in [1.807, 2.05) is 6.07 Å². The zero-order valence-electron chi connectivity index (χ0n) is 8.98. The molecule has 2 nitrogen and oxygen atoms in total. The summed E-state index contributed by atoms with van der Waals surface area (Å²) in [7, 11) is 0. The van der Waals surface area contributed by atoms with Gasteiger partial charge in [-0.25, -0.2) is 4.39 Å². The largest absolute Gasteiger partial charge is 0.386 e. The van der Waals surface area contributed by atoms with Gasteiger partial charge in [-0.3, -0.25) is 4.98 Å². The molecular formula is C13H11ClFNO. The highest BCUT2D eigenvalue weighted by Crippen LogP contribution is 2.20. The number of pyridine rings is 1. The summed E-state index contributed by atoms with van der Waals surface area (Å²) in [5, 5.41) is 10.5. The lowest BCUT2D eigenvalue weighted by molar-refractivity contribution is 0.168. The van der Waals surface area contributed by atoms with E-state index in [0.717, 1.165) is 5.56 Å². The van der Waals surface area contributed by atoms with Crippen molar-refractivity contribution >= 4 is 11.6 Å². The van der Waals surface area contributed by atoms with Crippen LogP contribution in [-0.2, 0) is 6.42 Å². The Morgan fingerprint density at radius 3 is 2.82 bits per heavy atom. The van der Waals surface area contributed by atoms with Crippen LogP contribution in [0.2, 0.25) is 5.02 Å². The Labute approximate surface area is 104 Å². The van der Waals surface area contributed by atoms with E-state index in [-0.39, 0.29) is 12.1 Å². The standard InChI is InChI=1S/C13H11ClFNO/c14-10-4-1-3-9(7-10)8-12(17)13-11(15)5-2-6-16-13/h1-7,12,17H,8H2. The molecule has 2 rings (SSSR count). The maximum atomic E-state index is 13.4. The van der Waals surface area contributed by atoms with E-state index in [1.165, 1.54) is 18.3 Å². The number of halogens is 2. The molecule has 0 aliphatic carbocycles. The van der Waals surface area contributed by atoms with Crippen LogP contribution in [0.5, 0.6) is 0 Å². The molecule has 0 saturated heterocycles. The van der Waals surface area contributed by atoms with Crippen LogP contribution in [0.3, 0.4) is 0 Å². The summed E-state index contributed by atoms with van der Waals surface area (Å²) in [5.74, 6) is -0.498. The predicted molar refractivity (Wildman–Crippen MR) is 64.3 cm³/mol. The zero-order chi connectivity index (χ0) is 12.3. The van der Waals surface area contributed by atoms with Gasteiger partial charge in [0.25, 0.3) is 0 Å². The van der Waals surface area contributed by atoms with Gasteiger partial charge >= 0.3 is 0 Å². The molecule has 1 heterocycles. The number of nitrogens with zero attached hydrogens (tertiary/aromatic N) is 1. The van der Waals surface area contributed by atoms with Crippen LogP contribution in [0.25, 0.3) is 0 Å². The summed E-state index contributed by atoms with van der Waals surface area (Å²) in [4.78, 5) is 3.84. The lowest BCUT2D eigenvalue weighted by Gasteiger charge is -2.10. The van der Waals surface area contributed by atoms with Crippen molar-refractivity contribution in [2.45, 2.75) is 12.5 Å². The molecule has 1 aromatic heterocycles. The Morgan fingerprint density at radius 1 is 1.29 bits per heavy atom. The fourth-order valence-electron chi connectivity index (χ4n) is 1.63. The van der Waals surface area contributed by atoms with E-state index < -0.39 is 11.9 Å². The highest BCUT2D eigenvalue weighted by molar-refractivity contribution is 6.30. The number of hydrogen-bond acceptors (Lipinski definition) is 2. The van der Waals surface area contributed by atoms with E-state index in [1.54, 1.807) is 18.2 Å². The average molecular weight is 252 g/mol. The van der Waals surface area contributed by atoms with Gasteiger partial charge in [0.05, 0.1) is 0 Å². The van der Waals surface area contributed by atoms with Crippen molar-refractivity contribution in [1.29, 1.82) is 0 Å². The smallest absolute Gasteiger partial charge is 0.147 e. The normalized spacial score (nSPS) is 12.4. The first-order valence-corrected chi connectivity index (χ1v) is 5.57. The minimum absolute atomic E-state index is 0.0625. The van der Waals surface area contributed by atoms with Gasteiger partial charge in [-0.1, -0.05) is 23.7 Å². The molecule has 2 aromatic rings. The van der Waals surface area contributed by atoms with Crippen LogP contribution < -0.4 is 0 Å². The lowest BCUT2D eigenvalue weighted by Crippen LogP contribution is -2.06. The van der Waals surface area contributed by atoms with Crippen molar-refractivity contribution in [3.8, 4) is 0 Å². The van der Waals surface area contributed by atoms with Gasteiger partial charge in [0.1, 0.15) is 17.6 Å². The van der Waals surface area contributed by atoms with E-state index in [9.17, 15) is 9.50 Å². The van der Waals surface area contributed by atoms with Crippen molar-refractivity contribution in [3.05, 3.63) is 64.7 Å². The maximum Gasteiger partial charge on any atom is 0.147 e. The van der Waals surface area contributed by atoms with Crippen LogP contribution in [0.15, 0.2) is 42.6 Å². The fraction of sp³-hybridized carbons (Fsp3) is 0.154. The SMILES string of the molecule is OC(Cc1cccc(Cl)c1)c1ncccc1F. The zero-order valence-corrected chi connectivity index (χ0v) is 9.73. The first-order valence-electron chi connectivity index (χ1n) is 5.20. The molecule has 1 atom stereocenters. The summed E-state index contributed by atoms with van der Waals surface area (Å²) >= 11 is 5.83. The highest BCUT2D eigenvalue weighted by Gasteiger charge is 2.14. The van der Waals surface area contributed by atoms with Gasteiger partial charge < -0.3 is 5.11 Å². The Hall–Kier alpha value is -1.45. The van der Waals surface area contributed by atoms with E-state index in [2.05, 4.69) is 4.98 Å². The number of aromatic nitrogens is 1. The summed E-state index contributed by atoms with van der Waals surface area (Å²) < 4.78 is 13.4. The van der Waals surface area contributed by atoms with Crippen LogP contribution in [0.1, 0.15) is 17.4 Å². The third kappa shape index (κ3) is 3.02. The molecular weight excluding hydrogens is 241 g/mol. The highest BCUT2D eigenvalue weighted by atomic mass is 35.5. The predicted octanol–water partition coefficient (Wildman–Crippen LogP) is 3.15. The van der Waals surface area contributed by atoms with Crippen molar-refractivity contribution in [2.75, 3.05) is 0 Å². The first kappa shape index (κ1) is 12.0. The summed E-state index contributed by atoms with van der Waals surface area (Å²) in [5.41, 5.74) is 0.905. The molecule has 1 unspecified atom stereocenters. The van der Waals surface area contributed by atoms with Crippen molar-refractivity contribution in [2.24, 2.45) is 0 Å². The molecule has 0 amide bonds. The molecule has 88 valence electrons. The molecule has 4 heteroatoms. The van der Waals surface area contributed by atoms with Crippen LogP contribution in [0.4, 0.5) is 4.39 Å². The summed E-state index contributed by atoms with van der Waals surface area (Å²) in [6.45, 7) is 0. The van der Waals surface area contributed by atoms with Gasteiger partial charge in [0, 0.05) is 17.6 Å². The van der Waals surface area contributed by atoms with Gasteiger partial charge in [0.15, 0.2) is 0 Å². The van der Waals surface area contributed by atoms with Crippen LogP contribution in [0, 0.1) is 5.82 Å². The van der Waals surface area contributed by atoms with E-state index in [4.69, 9.17) is 11.6 Å². The molecule has 0 radical (unpaired) electrons. The van der Waals surface area contributed by atoms with Gasteiger partial charge in [-0.05, 0) is 29.8 Å². The number of benzene rings is 1. The number of aliphatic hydroxyl groups is 1. The van der Waals surface area contributed by atoms with Crippen LogP contribution >= 0.6 is 11.6 Å². The third-order valence-corrected chi connectivity index (χ3v) is 2.66. The number of aliphatic hydroxyl groups excluding tert-OH is 1. The van der Waals surface area contributed by atoms with Crippen LogP contribution in [-0.4, -0.2) is 10.1 Å². The molecule has 17 heavy (non-hydrogen) atoms. The molecule has 1 N–H and O–H groups in total. The molecule has 0 aliphatic rings. The van der Waals surface area contributed by atoms with E-state index >= 15 is 0 Å². The first-order chi connectivity index (χ1) is 8.16.